The van der Waals surface area contributed by atoms with Crippen molar-refractivity contribution in [3.63, 3.8) is 0 Å². The van der Waals surface area contributed by atoms with Crippen LogP contribution in [0.4, 0.5) is 56.6 Å². The van der Waals surface area contributed by atoms with Crippen LogP contribution in [0, 0.1) is 20.8 Å². The van der Waals surface area contributed by atoms with Gasteiger partial charge in [0.2, 0.25) is 0 Å². The van der Waals surface area contributed by atoms with Gasteiger partial charge in [0.25, 0.3) is 52.9 Å². The lowest BCUT2D eigenvalue weighted by atomic mass is 10.1. The largest absolute Gasteiger partial charge is 0.453 e. The highest BCUT2D eigenvalue weighted by atomic mass is 35.5. The van der Waals surface area contributed by atoms with Gasteiger partial charge in [-0.3, -0.25) is 28.8 Å². The van der Waals surface area contributed by atoms with E-state index < -0.39 is 91.1 Å². The number of rotatable bonds is 20. The van der Waals surface area contributed by atoms with Crippen molar-refractivity contribution < 1.29 is 68.3 Å². The third-order valence-corrected chi connectivity index (χ3v) is 17.3. The number of aryl methyl sites for hydroxylation is 3. The fourth-order valence-electron chi connectivity index (χ4n) is 10.7. The summed E-state index contributed by atoms with van der Waals surface area (Å²) in [7, 11) is 0. The lowest BCUT2D eigenvalue weighted by molar-refractivity contribution is -0.148. The van der Waals surface area contributed by atoms with Gasteiger partial charge < -0.3 is 32.3 Å². The molecule has 0 aliphatic heterocycles. The maximum Gasteiger partial charge on any atom is 0.453 e. The molecule has 33 nitrogen and oxygen atoms in total. The van der Waals surface area contributed by atoms with Crippen molar-refractivity contribution in [2.45, 2.75) is 97.7 Å². The van der Waals surface area contributed by atoms with Crippen LogP contribution in [0.2, 0.25) is 30.1 Å². The molecule has 3 aromatic carbocycles. The number of halogens is 15. The highest BCUT2D eigenvalue weighted by Gasteiger charge is 2.41. The van der Waals surface area contributed by atoms with Crippen molar-refractivity contribution in [2.24, 2.45) is 5.73 Å². The Morgan fingerprint density at radius 3 is 1.05 bits per heavy atom. The number of amides is 6. The van der Waals surface area contributed by atoms with Gasteiger partial charge in [0, 0.05) is 45.7 Å². The Bertz CT molecular complexity index is 5480. The van der Waals surface area contributed by atoms with Crippen LogP contribution in [0.1, 0.15) is 140 Å². The summed E-state index contributed by atoms with van der Waals surface area (Å²) in [4.78, 5) is 90.5. The summed E-state index contributed by atoms with van der Waals surface area (Å²) in [6.07, 6.45) is -8.50. The first-order valence-electron chi connectivity index (χ1n) is 32.7. The van der Waals surface area contributed by atoms with Crippen LogP contribution >= 0.6 is 69.6 Å². The molecular formula is C66H52Cl6F9N27O6. The number of benzene rings is 3. The van der Waals surface area contributed by atoms with Crippen LogP contribution in [0.15, 0.2) is 110 Å². The maximum absolute atomic E-state index is 13.6. The first-order chi connectivity index (χ1) is 53.8. The van der Waals surface area contributed by atoms with Gasteiger partial charge >= 0.3 is 18.5 Å². The Morgan fingerprint density at radius 2 is 0.763 bits per heavy atom. The highest BCUT2D eigenvalue weighted by molar-refractivity contribution is 6.34. The number of carbonyl (C=O) groups is 6. The molecule has 12 aromatic rings. The van der Waals surface area contributed by atoms with Crippen molar-refractivity contribution in [2.75, 3.05) is 16.0 Å². The van der Waals surface area contributed by atoms with E-state index in [-0.39, 0.29) is 123 Å². The van der Waals surface area contributed by atoms with Crippen LogP contribution in [-0.2, 0) is 38.2 Å². The number of nitrogens with one attached hydrogen (secondary N) is 5. The molecule has 0 atom stereocenters. The fraction of sp³-hybridized carbons (Fsp3) is 0.227. The van der Waals surface area contributed by atoms with Crippen molar-refractivity contribution in [1.82, 2.24) is 116 Å². The lowest BCUT2D eigenvalue weighted by Gasteiger charge is -2.16. The molecule has 6 amide bonds. The van der Waals surface area contributed by atoms with E-state index in [0.29, 0.717) is 35.8 Å². The van der Waals surface area contributed by atoms with E-state index in [4.69, 9.17) is 75.3 Å². The smallest absolute Gasteiger partial charge is 0.366 e. The van der Waals surface area contributed by atoms with E-state index in [1.54, 1.807) is 65.0 Å². The van der Waals surface area contributed by atoms with Crippen molar-refractivity contribution >= 4 is 122 Å². The Hall–Kier alpha value is -12.1. The molecule has 9 aromatic heterocycles. The van der Waals surface area contributed by atoms with Gasteiger partial charge in [-0.25, -0.2) is 43.0 Å². The summed E-state index contributed by atoms with van der Waals surface area (Å²) in [5.41, 5.74) is 7.21. The number of hydrogen-bond acceptors (Lipinski definition) is 21. The predicted octanol–water partition coefficient (Wildman–Crippen LogP) is 11.7. The highest BCUT2D eigenvalue weighted by Crippen LogP contribution is 2.35. The second kappa shape index (κ2) is 34.1. The van der Waals surface area contributed by atoms with Crippen LogP contribution in [0.5, 0.6) is 0 Å². The van der Waals surface area contributed by atoms with Crippen molar-refractivity contribution in [3.8, 4) is 17.5 Å². The Kier molecular flexibility index (Phi) is 24.8. The van der Waals surface area contributed by atoms with Crippen LogP contribution in [-0.4, -0.2) is 152 Å². The molecule has 1 saturated carbocycles. The van der Waals surface area contributed by atoms with Gasteiger partial charge in [0.05, 0.1) is 85.5 Å². The van der Waals surface area contributed by atoms with E-state index in [9.17, 15) is 68.3 Å². The Labute approximate surface area is 664 Å². The predicted molar refractivity (Wildman–Crippen MR) is 389 cm³/mol. The maximum atomic E-state index is 13.6. The number of tetrazole rings is 3. The average molecular weight is 1700 g/mol. The summed E-state index contributed by atoms with van der Waals surface area (Å²) in [6, 6.07) is 21.6. The Balaban J connectivity index is 0.000000169. The molecule has 114 heavy (non-hydrogen) atoms. The summed E-state index contributed by atoms with van der Waals surface area (Å²) < 4.78 is 124. The van der Waals surface area contributed by atoms with Crippen LogP contribution < -0.4 is 32.3 Å². The molecule has 13 rings (SSSR count). The number of nitrogens with two attached hydrogens (primary N) is 1. The van der Waals surface area contributed by atoms with Gasteiger partial charge in [0.15, 0.2) is 17.5 Å². The molecule has 0 unspecified atom stereocenters. The third kappa shape index (κ3) is 19.5. The van der Waals surface area contributed by atoms with Crippen LogP contribution in [0.25, 0.3) is 17.5 Å². The van der Waals surface area contributed by atoms with Crippen LogP contribution in [0.3, 0.4) is 0 Å². The zero-order valence-corrected chi connectivity index (χ0v) is 63.2. The molecule has 0 radical (unpaired) electrons. The number of primary amides is 1. The fourth-order valence-corrected chi connectivity index (χ4v) is 12.2. The van der Waals surface area contributed by atoms with E-state index in [0.717, 1.165) is 26.9 Å². The molecule has 9 heterocycles. The number of alkyl halides is 9. The molecule has 1 aliphatic carbocycles. The molecular weight excluding hydrogens is 1650 g/mol. The number of hydrogen-bond donors (Lipinski definition) is 6. The molecule has 0 bridgehead atoms. The Morgan fingerprint density at radius 1 is 0.456 bits per heavy atom. The summed E-state index contributed by atoms with van der Waals surface area (Å²) in [5, 5.41) is 55.9. The summed E-state index contributed by atoms with van der Waals surface area (Å²) >= 11 is 37.1. The molecule has 1 fully saturated rings. The van der Waals surface area contributed by atoms with E-state index in [1.165, 1.54) is 79.3 Å². The minimum Gasteiger partial charge on any atom is -0.366 e. The number of aromatic nitrogens is 21. The topological polar surface area (TPSA) is 412 Å². The lowest BCUT2D eigenvalue weighted by Crippen LogP contribution is -2.31. The third-order valence-electron chi connectivity index (χ3n) is 15.8. The van der Waals surface area contributed by atoms with Crippen molar-refractivity contribution in [3.05, 3.63) is 225 Å². The minimum absolute atomic E-state index is 0.00488. The minimum atomic E-state index is -4.81. The molecule has 48 heteroatoms. The number of pyridine rings is 3. The molecule has 7 N–H and O–H groups in total. The van der Waals surface area contributed by atoms with E-state index in [1.807, 2.05) is 0 Å². The quantitative estimate of drug-likeness (QED) is 0.0386. The second-order valence-electron chi connectivity index (χ2n) is 24.7. The van der Waals surface area contributed by atoms with E-state index in [2.05, 4.69) is 103 Å². The molecule has 1 aliphatic rings. The normalized spacial score (nSPS) is 12.2. The van der Waals surface area contributed by atoms with Gasteiger partial charge in [-0.05, 0) is 186 Å². The molecule has 0 saturated heterocycles. The standard InChI is InChI=1S/C23H18Cl2F3N9O2.C23H20Cl2F3N9O2.C20H14Cl2F3N9O2/c1-11-7-12(24)8-15(20(38)30-13-4-5-13)18(11)31-21(39)17-9-14(10-36-22(23(26,27)28)32-34-35-36)33-37(17)19-16(25)3-2-6-29-19;1-11(2)30-20(38)15-8-13(24)7-12(3)18(15)31-21(39)17-9-14(10-36-22(23(26,27)28)32-34-35-36)33-37(17)19-16(25)5-4-6-29-19;1-9-5-10(21)6-12(16(26)35)15(9)28-18(36)14-7-11(8-33-19(20(23,24)25)29-31-32-33)30-34(14)17-13(22)3-2-4-27-17/h2-3,6-9,13H,4-5,10H2,1H3,(H,30,38)(H,31,39);4-9,11H,10H2,1-3H3,(H,30,38)(H,31,39);2-7H,8H2,1H3,(H2,26,35)(H,28,36). The molecule has 592 valence electrons. The van der Waals surface area contributed by atoms with Gasteiger partial charge in [-0.15, -0.1) is 15.3 Å². The first kappa shape index (κ1) is 82.8. The second-order valence-corrected chi connectivity index (χ2v) is 27.3. The zero-order valence-electron chi connectivity index (χ0n) is 58.7. The zero-order chi connectivity index (χ0) is 82.6. The van der Waals surface area contributed by atoms with Gasteiger partial charge in [-0.1, -0.05) is 69.6 Å². The number of carbonyl (C=O) groups excluding carboxylic acids is 6. The average Bonchev–Trinajstić information content (AvgIpc) is 1.60. The van der Waals surface area contributed by atoms with Crippen molar-refractivity contribution in [1.29, 1.82) is 0 Å². The van der Waals surface area contributed by atoms with E-state index >= 15 is 0 Å². The number of anilines is 3. The summed E-state index contributed by atoms with van der Waals surface area (Å²) in [5.74, 6) is -7.83. The molecule has 0 spiro atoms. The van der Waals surface area contributed by atoms with Gasteiger partial charge in [0.1, 0.15) is 17.1 Å². The number of nitrogens with zero attached hydrogens (tertiary/aromatic N) is 21. The first-order valence-corrected chi connectivity index (χ1v) is 34.9. The monoisotopic (exact) mass is 1700 g/mol. The summed E-state index contributed by atoms with van der Waals surface area (Å²) in [6.45, 7) is 6.94. The van der Waals surface area contributed by atoms with Gasteiger partial charge in [-0.2, -0.15) is 54.8 Å². The SMILES string of the molecule is Cc1cc(Cl)cc(C(=O)NC(C)C)c1NC(=O)c1cc(Cn2nnnc2C(F)(F)F)nn1-c1ncccc1Cl.Cc1cc(Cl)cc(C(=O)NC2CC2)c1NC(=O)c1cc(Cn2nnnc2C(F)(F)F)nn1-c1ncccc1Cl.Cc1cc(Cl)cc(C(N)=O)c1NC(=O)c1cc(Cn2nnnc2C(F)(F)F)nn1-c1ncccc1Cl.